The zero-order valence-corrected chi connectivity index (χ0v) is 21.7. The van der Waals surface area contributed by atoms with Crippen LogP contribution in [0.2, 0.25) is 0 Å². The van der Waals surface area contributed by atoms with Crippen LogP contribution in [0.1, 0.15) is 69.6 Å². The van der Waals surface area contributed by atoms with E-state index in [4.69, 9.17) is 4.74 Å². The van der Waals surface area contributed by atoms with Crippen LogP contribution in [0.15, 0.2) is 30.3 Å². The molecule has 0 saturated carbocycles. The van der Waals surface area contributed by atoms with Gasteiger partial charge < -0.3 is 20.3 Å². The highest BCUT2D eigenvalue weighted by molar-refractivity contribution is 5.68. The quantitative estimate of drug-likeness (QED) is 0.381. The fourth-order valence-corrected chi connectivity index (χ4v) is 4.30. The van der Waals surface area contributed by atoms with E-state index in [-0.39, 0.29) is 12.0 Å². The number of likely N-dealkylation sites (tertiary alicyclic amines) is 1. The number of H-pyrrole nitrogens is 1. The minimum Gasteiger partial charge on any atom is -0.444 e. The summed E-state index contributed by atoms with van der Waals surface area (Å²) in [6, 6.07) is 6.71. The van der Waals surface area contributed by atoms with Crippen molar-refractivity contribution in [3.63, 3.8) is 0 Å². The van der Waals surface area contributed by atoms with Gasteiger partial charge in [0.15, 0.2) is 5.82 Å². The molecule has 3 aromatic rings. The average Bonchev–Trinajstić information content (AvgIpc) is 3.26. The summed E-state index contributed by atoms with van der Waals surface area (Å²) in [5.74, 6) is 1.15. The number of carbonyl (C=O) groups excluding carboxylic acids is 1. The molecule has 3 heterocycles. The molecule has 1 atom stereocenters. The van der Waals surface area contributed by atoms with Gasteiger partial charge in [0.05, 0.1) is 6.04 Å². The minimum atomic E-state index is -0.621. The molecule has 1 saturated heterocycles. The van der Waals surface area contributed by atoms with Gasteiger partial charge in [-0.15, -0.1) is 0 Å². The second-order valence-electron chi connectivity index (χ2n) is 10.3. The Kier molecular flexibility index (Phi) is 7.60. The third-order valence-electron chi connectivity index (χ3n) is 6.07. The van der Waals surface area contributed by atoms with Crippen LogP contribution in [-0.4, -0.2) is 49.8 Å². The summed E-state index contributed by atoms with van der Waals surface area (Å²) in [5, 5.41) is 13.8. The van der Waals surface area contributed by atoms with Gasteiger partial charge in [-0.3, -0.25) is 5.10 Å². The Balaban J connectivity index is 1.37. The van der Waals surface area contributed by atoms with Gasteiger partial charge >= 0.3 is 6.09 Å². The second kappa shape index (κ2) is 10.7. The molecule has 3 N–H and O–H groups in total. The van der Waals surface area contributed by atoms with Crippen molar-refractivity contribution in [3.8, 4) is 0 Å². The predicted octanol–water partition coefficient (Wildman–Crippen LogP) is 5.82. The standard InChI is InChI=1S/C26H33F2N7O2/c1-15(19-7-6-18(27)12-20(19)28)29-22-14-23(31-16(2)30-22)32-24-13-21(33-34-24)17-8-10-35(11-9-17)25(36)37-26(3,4)5/h6-7,12-15,17H,8-11H2,1-5H3,(H3,29,30,31,32,33,34). The Hall–Kier alpha value is -3.76. The van der Waals surface area contributed by atoms with Gasteiger partial charge in [-0.25, -0.2) is 23.5 Å². The van der Waals surface area contributed by atoms with Crippen molar-refractivity contribution < 1.29 is 18.3 Å². The maximum absolute atomic E-state index is 14.2. The predicted molar refractivity (Wildman–Crippen MR) is 137 cm³/mol. The summed E-state index contributed by atoms with van der Waals surface area (Å²) in [7, 11) is 0. The SMILES string of the molecule is Cc1nc(Nc2cc(C3CCN(C(=O)OC(C)(C)C)CC3)[nH]n2)cc(NC(C)c2ccc(F)cc2F)n1. The Morgan fingerprint density at radius 2 is 1.81 bits per heavy atom. The third-order valence-corrected chi connectivity index (χ3v) is 6.07. The Bertz CT molecular complexity index is 1250. The fourth-order valence-electron chi connectivity index (χ4n) is 4.30. The number of amides is 1. The van der Waals surface area contributed by atoms with Crippen molar-refractivity contribution in [3.05, 3.63) is 59.0 Å². The fraction of sp³-hybridized carbons (Fsp3) is 0.462. The van der Waals surface area contributed by atoms with Crippen molar-refractivity contribution in [2.45, 2.75) is 65.0 Å². The number of aromatic nitrogens is 4. The average molecular weight is 514 g/mol. The normalized spacial score (nSPS) is 15.4. The first-order valence-electron chi connectivity index (χ1n) is 12.3. The Labute approximate surface area is 215 Å². The van der Waals surface area contributed by atoms with Crippen molar-refractivity contribution in [2.75, 3.05) is 23.7 Å². The van der Waals surface area contributed by atoms with Crippen LogP contribution in [-0.2, 0) is 4.74 Å². The molecule has 11 heteroatoms. The van der Waals surface area contributed by atoms with Crippen molar-refractivity contribution in [1.82, 2.24) is 25.1 Å². The second-order valence-corrected chi connectivity index (χ2v) is 10.3. The van der Waals surface area contributed by atoms with E-state index in [2.05, 4.69) is 30.8 Å². The number of anilines is 3. The van der Waals surface area contributed by atoms with Crippen molar-refractivity contribution in [2.24, 2.45) is 0 Å². The highest BCUT2D eigenvalue weighted by Gasteiger charge is 2.28. The molecule has 1 fully saturated rings. The van der Waals surface area contributed by atoms with E-state index in [1.54, 1.807) is 24.8 Å². The number of piperidine rings is 1. The third kappa shape index (κ3) is 6.93. The molecule has 0 bridgehead atoms. The Morgan fingerprint density at radius 3 is 2.49 bits per heavy atom. The van der Waals surface area contributed by atoms with Crippen LogP contribution in [0.25, 0.3) is 0 Å². The molecule has 198 valence electrons. The lowest BCUT2D eigenvalue weighted by Gasteiger charge is -2.33. The number of halogens is 2. The summed E-state index contributed by atoms with van der Waals surface area (Å²) in [6.07, 6.45) is 1.33. The maximum atomic E-state index is 14.2. The van der Waals surface area contributed by atoms with E-state index in [9.17, 15) is 13.6 Å². The summed E-state index contributed by atoms with van der Waals surface area (Å²) in [5.41, 5.74) is 0.805. The zero-order chi connectivity index (χ0) is 26.7. The molecule has 0 aliphatic carbocycles. The molecule has 2 aromatic heterocycles. The molecule has 4 rings (SSSR count). The number of nitrogens with zero attached hydrogens (tertiary/aromatic N) is 4. The zero-order valence-electron chi connectivity index (χ0n) is 21.7. The van der Waals surface area contributed by atoms with Gasteiger partial charge in [0.25, 0.3) is 0 Å². The topological polar surface area (TPSA) is 108 Å². The molecule has 1 aliphatic heterocycles. The van der Waals surface area contributed by atoms with Gasteiger partial charge in [-0.1, -0.05) is 6.07 Å². The van der Waals surface area contributed by atoms with Crippen LogP contribution >= 0.6 is 0 Å². The van der Waals surface area contributed by atoms with Gasteiger partial charge in [0.1, 0.15) is 34.7 Å². The number of aromatic amines is 1. The van der Waals surface area contributed by atoms with Crippen LogP contribution in [0.5, 0.6) is 0 Å². The number of benzene rings is 1. The first-order chi connectivity index (χ1) is 17.5. The molecule has 0 radical (unpaired) electrons. The molecule has 1 amide bonds. The van der Waals surface area contributed by atoms with Crippen LogP contribution in [0.3, 0.4) is 0 Å². The molecule has 1 aliphatic rings. The van der Waals surface area contributed by atoms with E-state index < -0.39 is 23.3 Å². The maximum Gasteiger partial charge on any atom is 0.410 e. The highest BCUT2D eigenvalue weighted by atomic mass is 19.1. The summed E-state index contributed by atoms with van der Waals surface area (Å²) in [6.45, 7) is 10.4. The van der Waals surface area contributed by atoms with Gasteiger partial charge in [0.2, 0.25) is 0 Å². The number of aryl methyl sites for hydroxylation is 1. The monoisotopic (exact) mass is 513 g/mol. The molecule has 9 nitrogen and oxygen atoms in total. The highest BCUT2D eigenvalue weighted by Crippen LogP contribution is 2.30. The first-order valence-corrected chi connectivity index (χ1v) is 12.3. The van der Waals surface area contributed by atoms with Crippen molar-refractivity contribution >= 4 is 23.5 Å². The van der Waals surface area contributed by atoms with E-state index in [0.29, 0.717) is 41.9 Å². The van der Waals surface area contributed by atoms with Gasteiger partial charge in [0, 0.05) is 48.5 Å². The van der Waals surface area contributed by atoms with Crippen LogP contribution < -0.4 is 10.6 Å². The first kappa shape index (κ1) is 26.3. The van der Waals surface area contributed by atoms with Crippen LogP contribution in [0.4, 0.5) is 31.0 Å². The number of nitrogens with one attached hydrogen (secondary N) is 3. The molecule has 1 aromatic carbocycles. The van der Waals surface area contributed by atoms with E-state index in [0.717, 1.165) is 24.6 Å². The molecule has 1 unspecified atom stereocenters. The number of hydrogen-bond donors (Lipinski definition) is 3. The summed E-state index contributed by atoms with van der Waals surface area (Å²) in [4.78, 5) is 22.9. The van der Waals surface area contributed by atoms with Gasteiger partial charge in [-0.05, 0) is 53.5 Å². The molecule has 37 heavy (non-hydrogen) atoms. The van der Waals surface area contributed by atoms with E-state index in [1.807, 2.05) is 26.8 Å². The lowest BCUT2D eigenvalue weighted by Crippen LogP contribution is -2.41. The summed E-state index contributed by atoms with van der Waals surface area (Å²) < 4.78 is 32.9. The number of rotatable bonds is 6. The van der Waals surface area contributed by atoms with Gasteiger partial charge in [-0.2, -0.15) is 5.10 Å². The largest absolute Gasteiger partial charge is 0.444 e. The lowest BCUT2D eigenvalue weighted by molar-refractivity contribution is 0.0204. The summed E-state index contributed by atoms with van der Waals surface area (Å²) >= 11 is 0. The minimum absolute atomic E-state index is 0.248. The number of ether oxygens (including phenoxy) is 1. The van der Waals surface area contributed by atoms with Crippen molar-refractivity contribution in [1.29, 1.82) is 0 Å². The lowest BCUT2D eigenvalue weighted by atomic mass is 9.94. The number of hydrogen-bond acceptors (Lipinski definition) is 7. The Morgan fingerprint density at radius 1 is 1.11 bits per heavy atom. The molecular weight excluding hydrogens is 480 g/mol. The van der Waals surface area contributed by atoms with Crippen LogP contribution in [0, 0.1) is 18.6 Å². The molecular formula is C26H33F2N7O2. The van der Waals surface area contributed by atoms with E-state index >= 15 is 0 Å². The smallest absolute Gasteiger partial charge is 0.410 e. The number of carbonyl (C=O) groups is 1. The molecule has 0 spiro atoms. The van der Waals surface area contributed by atoms with E-state index in [1.165, 1.54) is 12.1 Å².